The highest BCUT2D eigenvalue weighted by Gasteiger charge is 2.42. The monoisotopic (exact) mass is 387 g/mol. The molecular weight excluding hydrogens is 374 g/mol. The quantitative estimate of drug-likeness (QED) is 0.222. The van der Waals surface area contributed by atoms with Crippen molar-refractivity contribution in [3.05, 3.63) is 0 Å². The van der Waals surface area contributed by atoms with Gasteiger partial charge in [0.15, 0.2) is 6.29 Å². The number of rotatable bonds is 7. The van der Waals surface area contributed by atoms with Crippen molar-refractivity contribution in [1.29, 1.82) is 0 Å². The average Bonchev–Trinajstić information content (AvgIpc) is 2.27. The molecule has 1 aliphatic heterocycles. The smallest absolute Gasteiger partial charge is 0.366 e. The number of nitrogens with one attached hydrogen (secondary N) is 1. The molecule has 0 aromatic carbocycles. The maximum atomic E-state index is 10.7. The number of ether oxygens (including phenoxy) is 1. The van der Waals surface area contributed by atoms with Gasteiger partial charge in [0.25, 0.3) is 0 Å². The SMILES string of the molecule is O=S(O)NC1C(O)OC(COS(=O)(=O)O)C[C@@H]1OS(=O)(=O)O. The molecule has 16 heteroatoms. The minimum Gasteiger partial charge on any atom is -0.366 e. The molecule has 1 aliphatic rings. The molecule has 1 rings (SSSR count). The highest BCUT2D eigenvalue weighted by atomic mass is 32.3. The van der Waals surface area contributed by atoms with Gasteiger partial charge in [-0.05, 0) is 0 Å². The van der Waals surface area contributed by atoms with E-state index in [1.54, 1.807) is 0 Å². The van der Waals surface area contributed by atoms with Crippen LogP contribution in [-0.2, 0) is 45.2 Å². The Labute approximate surface area is 127 Å². The highest BCUT2D eigenvalue weighted by Crippen LogP contribution is 2.23. The summed E-state index contributed by atoms with van der Waals surface area (Å²) in [6, 6.07) is -1.53. The number of aliphatic hydroxyl groups excluding tert-OH is 1. The van der Waals surface area contributed by atoms with Crippen molar-refractivity contribution >= 4 is 32.1 Å². The maximum Gasteiger partial charge on any atom is 0.397 e. The van der Waals surface area contributed by atoms with E-state index in [0.717, 1.165) is 0 Å². The van der Waals surface area contributed by atoms with Crippen LogP contribution in [0.2, 0.25) is 0 Å². The van der Waals surface area contributed by atoms with Crippen molar-refractivity contribution in [2.45, 2.75) is 31.0 Å². The molecule has 13 nitrogen and oxygen atoms in total. The molecule has 4 unspecified atom stereocenters. The first-order valence-electron chi connectivity index (χ1n) is 5.35. The third-order valence-electron chi connectivity index (χ3n) is 2.42. The molecule has 0 aromatic rings. The van der Waals surface area contributed by atoms with E-state index in [2.05, 4.69) is 8.37 Å². The Morgan fingerprint density at radius 3 is 2.27 bits per heavy atom. The Morgan fingerprint density at radius 2 is 1.82 bits per heavy atom. The Balaban J connectivity index is 2.84. The van der Waals surface area contributed by atoms with Crippen molar-refractivity contribution in [2.75, 3.05) is 6.61 Å². The molecule has 1 heterocycles. The van der Waals surface area contributed by atoms with Crippen LogP contribution < -0.4 is 4.72 Å². The largest absolute Gasteiger partial charge is 0.397 e. The fourth-order valence-electron chi connectivity index (χ4n) is 1.70. The first kappa shape index (κ1) is 19.8. The van der Waals surface area contributed by atoms with E-state index in [9.17, 15) is 26.2 Å². The second kappa shape index (κ2) is 7.53. The highest BCUT2D eigenvalue weighted by molar-refractivity contribution is 7.81. The van der Waals surface area contributed by atoms with E-state index in [1.807, 2.05) is 4.72 Å². The van der Waals surface area contributed by atoms with Crippen LogP contribution in [0.3, 0.4) is 0 Å². The lowest BCUT2D eigenvalue weighted by atomic mass is 10.0. The number of aliphatic hydroxyl groups is 1. The fourth-order valence-corrected chi connectivity index (χ4v) is 3.04. The van der Waals surface area contributed by atoms with Gasteiger partial charge < -0.3 is 9.84 Å². The fraction of sp³-hybridized carbons (Fsp3) is 1.00. The van der Waals surface area contributed by atoms with Crippen molar-refractivity contribution in [3.8, 4) is 0 Å². The van der Waals surface area contributed by atoms with Gasteiger partial charge in [-0.1, -0.05) is 0 Å². The molecule has 0 aliphatic carbocycles. The third-order valence-corrected chi connectivity index (χ3v) is 3.82. The summed E-state index contributed by atoms with van der Waals surface area (Å²) in [6.45, 7) is -0.795. The standard InChI is InChI=1S/C6H13NO12S3/c8-6-5(7-20(9)10)4(19-22(14,15)16)1-3(18-6)2-17-21(11,12)13/h3-8H,1-2H2,(H,9,10)(H,11,12,13)(H,14,15,16)/t3?,4-,5?,6?/m0/s1. The lowest BCUT2D eigenvalue weighted by Crippen LogP contribution is -2.57. The van der Waals surface area contributed by atoms with E-state index in [0.29, 0.717) is 0 Å². The van der Waals surface area contributed by atoms with Crippen LogP contribution >= 0.6 is 0 Å². The Morgan fingerprint density at radius 1 is 1.23 bits per heavy atom. The summed E-state index contributed by atoms with van der Waals surface area (Å²) in [6.07, 6.45) is -5.19. The normalized spacial score (nSPS) is 31.8. The van der Waals surface area contributed by atoms with Gasteiger partial charge in [-0.25, -0.2) is 17.3 Å². The van der Waals surface area contributed by atoms with Gasteiger partial charge in [-0.2, -0.15) is 16.8 Å². The predicted molar refractivity (Wildman–Crippen MR) is 67.1 cm³/mol. The average molecular weight is 387 g/mol. The summed E-state index contributed by atoms with van der Waals surface area (Å²) in [5.41, 5.74) is 0. The van der Waals surface area contributed by atoms with Crippen LogP contribution in [0.1, 0.15) is 6.42 Å². The van der Waals surface area contributed by atoms with Crippen LogP contribution in [0, 0.1) is 0 Å². The Kier molecular flexibility index (Phi) is 6.77. The molecule has 132 valence electrons. The van der Waals surface area contributed by atoms with Gasteiger partial charge >= 0.3 is 20.8 Å². The lowest BCUT2D eigenvalue weighted by molar-refractivity contribution is -0.205. The van der Waals surface area contributed by atoms with E-state index >= 15 is 0 Å². The molecule has 1 saturated heterocycles. The third kappa shape index (κ3) is 7.33. The molecule has 0 aromatic heterocycles. The first-order chi connectivity index (χ1) is 9.87. The van der Waals surface area contributed by atoms with Gasteiger partial charge in [-0.15, -0.1) is 0 Å². The van der Waals surface area contributed by atoms with E-state index in [-0.39, 0.29) is 0 Å². The molecule has 0 radical (unpaired) electrons. The summed E-state index contributed by atoms with van der Waals surface area (Å²) in [5, 5.41) is 9.63. The Bertz CT molecular complexity index is 600. The summed E-state index contributed by atoms with van der Waals surface area (Å²) in [4.78, 5) is 0. The number of hydrogen-bond acceptors (Lipinski definition) is 9. The van der Waals surface area contributed by atoms with Gasteiger partial charge in [0.1, 0.15) is 12.1 Å². The zero-order valence-corrected chi connectivity index (χ0v) is 13.0. The van der Waals surface area contributed by atoms with Crippen molar-refractivity contribution in [2.24, 2.45) is 0 Å². The minimum absolute atomic E-state index is 0.457. The summed E-state index contributed by atoms with van der Waals surface area (Å²) >= 11 is -2.68. The van der Waals surface area contributed by atoms with Crippen molar-refractivity contribution < 1.29 is 52.9 Å². The molecule has 5 N–H and O–H groups in total. The maximum absolute atomic E-state index is 10.7. The molecule has 1 fully saturated rings. The molecule has 0 saturated carbocycles. The van der Waals surface area contributed by atoms with E-state index in [4.69, 9.17) is 18.4 Å². The van der Waals surface area contributed by atoms with Gasteiger partial charge in [0.2, 0.25) is 11.3 Å². The molecule has 22 heavy (non-hydrogen) atoms. The zero-order valence-electron chi connectivity index (χ0n) is 10.5. The van der Waals surface area contributed by atoms with Gasteiger partial charge in [0, 0.05) is 6.42 Å². The molecule has 5 atom stereocenters. The zero-order chi connectivity index (χ0) is 17.1. The second-order valence-corrected chi connectivity index (χ2v) is 6.92. The molecule has 0 amide bonds. The van der Waals surface area contributed by atoms with E-state index < -0.39 is 69.6 Å². The number of hydrogen-bond donors (Lipinski definition) is 5. The van der Waals surface area contributed by atoms with Crippen molar-refractivity contribution in [1.82, 2.24) is 4.72 Å². The Hall–Kier alpha value is -0.270. The van der Waals surface area contributed by atoms with Crippen LogP contribution in [0.15, 0.2) is 0 Å². The summed E-state index contributed by atoms with van der Waals surface area (Å²) in [7, 11) is -9.78. The lowest BCUT2D eigenvalue weighted by Gasteiger charge is -2.37. The first-order valence-corrected chi connectivity index (χ1v) is 9.19. The molecule has 0 bridgehead atoms. The summed E-state index contributed by atoms with van der Waals surface area (Å²) in [5.74, 6) is 0. The molecule has 0 spiro atoms. The minimum atomic E-state index is -4.98. The van der Waals surface area contributed by atoms with Gasteiger partial charge in [-0.3, -0.25) is 13.7 Å². The molecular formula is C6H13NO12S3. The topological polar surface area (TPSA) is 206 Å². The van der Waals surface area contributed by atoms with Crippen molar-refractivity contribution in [3.63, 3.8) is 0 Å². The van der Waals surface area contributed by atoms with E-state index in [1.165, 1.54) is 0 Å². The second-order valence-electron chi connectivity index (χ2n) is 4.05. The van der Waals surface area contributed by atoms with Crippen LogP contribution in [0.25, 0.3) is 0 Å². The van der Waals surface area contributed by atoms with Crippen LogP contribution in [0.4, 0.5) is 0 Å². The summed E-state index contributed by atoms with van der Waals surface area (Å²) < 4.78 is 93.7. The van der Waals surface area contributed by atoms with Crippen LogP contribution in [0.5, 0.6) is 0 Å². The van der Waals surface area contributed by atoms with Crippen LogP contribution in [-0.4, -0.2) is 71.0 Å². The predicted octanol–water partition coefficient (Wildman–Crippen LogP) is -2.80. The van der Waals surface area contributed by atoms with Gasteiger partial charge in [0.05, 0.1) is 12.7 Å².